The molecular formula is C29H26ClN3O2S2. The molecule has 0 fully saturated rings. The fourth-order valence-electron chi connectivity index (χ4n) is 4.23. The standard InChI is InChI=1S/C29H26ClN3O2S2/c1-18-14-15-21(17-23(18)30)31-28(34)19(2)36-22-9-7-8-20(16-22)32-29(35)33-24-10-3-5-12-26(24)37-27-13-6-4-11-25(27)33/h3-17,19,24,26H,1-2H3,(H,31,34)(H,32,35). The Morgan fingerprint density at radius 3 is 2.59 bits per heavy atom. The summed E-state index contributed by atoms with van der Waals surface area (Å²) in [5, 5.41) is 6.42. The number of urea groups is 1. The lowest BCUT2D eigenvalue weighted by atomic mass is 10.1. The van der Waals surface area contributed by atoms with Crippen molar-refractivity contribution in [1.82, 2.24) is 0 Å². The Kier molecular flexibility index (Phi) is 7.65. The van der Waals surface area contributed by atoms with Crippen LogP contribution in [-0.2, 0) is 4.79 Å². The molecule has 0 bridgehead atoms. The summed E-state index contributed by atoms with van der Waals surface area (Å²) >= 11 is 9.39. The highest BCUT2D eigenvalue weighted by molar-refractivity contribution is 8.00. The second-order valence-corrected chi connectivity index (χ2v) is 11.9. The molecule has 3 unspecified atom stereocenters. The average Bonchev–Trinajstić information content (AvgIpc) is 2.89. The topological polar surface area (TPSA) is 61.4 Å². The van der Waals surface area contributed by atoms with Gasteiger partial charge in [0.25, 0.3) is 0 Å². The minimum absolute atomic E-state index is 0.0681. The van der Waals surface area contributed by atoms with Gasteiger partial charge in [-0.3, -0.25) is 9.69 Å². The van der Waals surface area contributed by atoms with Crippen LogP contribution < -0.4 is 15.5 Å². The predicted molar refractivity (Wildman–Crippen MR) is 156 cm³/mol. The largest absolute Gasteiger partial charge is 0.326 e. The highest BCUT2D eigenvalue weighted by Gasteiger charge is 2.36. The first-order valence-corrected chi connectivity index (χ1v) is 14.1. The zero-order valence-corrected chi connectivity index (χ0v) is 22.7. The van der Waals surface area contributed by atoms with Gasteiger partial charge in [-0.25, -0.2) is 4.79 Å². The number of hydrogen-bond acceptors (Lipinski definition) is 4. The van der Waals surface area contributed by atoms with E-state index in [-0.39, 0.29) is 28.5 Å². The second kappa shape index (κ2) is 11.1. The SMILES string of the molecule is Cc1ccc(NC(=O)C(C)Sc2cccc(NC(=O)N3c4ccccc4SC4C=CC=CC43)c2)cc1Cl. The van der Waals surface area contributed by atoms with E-state index in [9.17, 15) is 9.59 Å². The monoisotopic (exact) mass is 547 g/mol. The van der Waals surface area contributed by atoms with E-state index in [1.807, 2.05) is 85.5 Å². The molecule has 3 aromatic rings. The van der Waals surface area contributed by atoms with Gasteiger partial charge in [-0.05, 0) is 61.9 Å². The molecular weight excluding hydrogens is 522 g/mol. The first-order valence-electron chi connectivity index (χ1n) is 11.9. The number of allylic oxidation sites excluding steroid dienone is 2. The molecule has 0 saturated carbocycles. The number of nitrogens with one attached hydrogen (secondary N) is 2. The maximum atomic E-state index is 13.5. The van der Waals surface area contributed by atoms with Crippen LogP contribution in [0.15, 0.2) is 101 Å². The van der Waals surface area contributed by atoms with Crippen molar-refractivity contribution < 1.29 is 9.59 Å². The van der Waals surface area contributed by atoms with Crippen LogP contribution in [0.25, 0.3) is 0 Å². The zero-order valence-electron chi connectivity index (χ0n) is 20.4. The molecule has 188 valence electrons. The summed E-state index contributed by atoms with van der Waals surface area (Å²) in [5.74, 6) is -0.120. The Bertz CT molecular complexity index is 1410. The summed E-state index contributed by atoms with van der Waals surface area (Å²) in [7, 11) is 0. The third-order valence-electron chi connectivity index (χ3n) is 6.17. The van der Waals surface area contributed by atoms with Crippen molar-refractivity contribution in [3.63, 3.8) is 0 Å². The zero-order chi connectivity index (χ0) is 25.9. The van der Waals surface area contributed by atoms with Crippen molar-refractivity contribution in [3.8, 4) is 0 Å². The number of amides is 3. The number of hydrogen-bond donors (Lipinski definition) is 2. The van der Waals surface area contributed by atoms with E-state index in [0.29, 0.717) is 16.4 Å². The average molecular weight is 548 g/mol. The minimum atomic E-state index is -0.350. The second-order valence-electron chi connectivity index (χ2n) is 8.85. The Labute approximate surface area is 230 Å². The van der Waals surface area contributed by atoms with Gasteiger partial charge in [-0.1, -0.05) is 60.2 Å². The molecule has 1 aliphatic carbocycles. The van der Waals surface area contributed by atoms with Gasteiger partial charge in [-0.2, -0.15) is 0 Å². The highest BCUT2D eigenvalue weighted by atomic mass is 35.5. The molecule has 3 atom stereocenters. The number of fused-ring (bicyclic) bond motifs is 2. The molecule has 1 heterocycles. The molecule has 5 nitrogen and oxygen atoms in total. The van der Waals surface area contributed by atoms with Crippen LogP contribution in [0.3, 0.4) is 0 Å². The molecule has 0 saturated heterocycles. The lowest BCUT2D eigenvalue weighted by Crippen LogP contribution is -2.49. The van der Waals surface area contributed by atoms with Crippen LogP contribution in [0.4, 0.5) is 21.9 Å². The van der Waals surface area contributed by atoms with E-state index in [1.54, 1.807) is 17.8 Å². The van der Waals surface area contributed by atoms with Crippen LogP contribution in [-0.4, -0.2) is 28.5 Å². The Hall–Kier alpha value is -3.13. The maximum absolute atomic E-state index is 13.5. The molecule has 0 spiro atoms. The normalized spacial score (nSPS) is 18.5. The van der Waals surface area contributed by atoms with E-state index in [4.69, 9.17) is 11.6 Å². The fourth-order valence-corrected chi connectivity index (χ4v) is 6.59. The van der Waals surface area contributed by atoms with Gasteiger partial charge in [0.1, 0.15) is 0 Å². The number of nitrogens with zero attached hydrogens (tertiary/aromatic N) is 1. The molecule has 0 radical (unpaired) electrons. The third kappa shape index (κ3) is 5.74. The van der Waals surface area contributed by atoms with Gasteiger partial charge < -0.3 is 10.6 Å². The molecule has 0 aromatic heterocycles. The Morgan fingerprint density at radius 2 is 1.76 bits per heavy atom. The summed E-state index contributed by atoms with van der Waals surface area (Å²) in [6.07, 6.45) is 8.23. The van der Waals surface area contributed by atoms with Gasteiger partial charge in [0.2, 0.25) is 5.91 Å². The van der Waals surface area contributed by atoms with Crippen LogP contribution in [0, 0.1) is 6.92 Å². The molecule has 3 amide bonds. The van der Waals surface area contributed by atoms with E-state index in [0.717, 1.165) is 21.0 Å². The minimum Gasteiger partial charge on any atom is -0.325 e. The molecule has 1 aliphatic heterocycles. The molecule has 37 heavy (non-hydrogen) atoms. The summed E-state index contributed by atoms with van der Waals surface area (Å²) in [5.41, 5.74) is 3.20. The Balaban J connectivity index is 1.28. The molecule has 2 aliphatic rings. The first kappa shape index (κ1) is 25.5. The van der Waals surface area contributed by atoms with Crippen LogP contribution >= 0.6 is 35.1 Å². The van der Waals surface area contributed by atoms with Gasteiger partial charge >= 0.3 is 6.03 Å². The third-order valence-corrected chi connectivity index (χ3v) is 8.98. The molecule has 3 aromatic carbocycles. The van der Waals surface area contributed by atoms with Crippen molar-refractivity contribution in [2.45, 2.75) is 40.2 Å². The number of para-hydroxylation sites is 1. The number of halogens is 1. The molecule has 2 N–H and O–H groups in total. The van der Waals surface area contributed by atoms with Crippen LogP contribution in [0.5, 0.6) is 0 Å². The van der Waals surface area contributed by atoms with Gasteiger partial charge in [-0.15, -0.1) is 23.5 Å². The van der Waals surface area contributed by atoms with Crippen molar-refractivity contribution in [2.75, 3.05) is 15.5 Å². The van der Waals surface area contributed by atoms with E-state index < -0.39 is 0 Å². The molecule has 8 heteroatoms. The van der Waals surface area contributed by atoms with E-state index >= 15 is 0 Å². The van der Waals surface area contributed by atoms with Gasteiger partial charge in [0.15, 0.2) is 0 Å². The van der Waals surface area contributed by atoms with Crippen molar-refractivity contribution in [1.29, 1.82) is 0 Å². The van der Waals surface area contributed by atoms with Crippen molar-refractivity contribution >= 4 is 64.1 Å². The summed E-state index contributed by atoms with van der Waals surface area (Å²) in [6.45, 7) is 3.77. The van der Waals surface area contributed by atoms with Gasteiger partial charge in [0.05, 0.1) is 22.2 Å². The smallest absolute Gasteiger partial charge is 0.325 e. The number of thioether (sulfide) groups is 2. The summed E-state index contributed by atoms with van der Waals surface area (Å²) < 4.78 is 0. The van der Waals surface area contributed by atoms with E-state index in [1.165, 1.54) is 11.8 Å². The quantitative estimate of drug-likeness (QED) is 0.320. The number of carbonyl (C=O) groups is 2. The van der Waals surface area contributed by atoms with E-state index in [2.05, 4.69) is 28.9 Å². The lowest BCUT2D eigenvalue weighted by Gasteiger charge is -2.40. The Morgan fingerprint density at radius 1 is 0.973 bits per heavy atom. The maximum Gasteiger partial charge on any atom is 0.326 e. The number of rotatable bonds is 5. The fraction of sp³-hybridized carbons (Fsp3) is 0.172. The van der Waals surface area contributed by atoms with Crippen LogP contribution in [0.2, 0.25) is 5.02 Å². The highest BCUT2D eigenvalue weighted by Crippen LogP contribution is 2.43. The van der Waals surface area contributed by atoms with Gasteiger partial charge in [0, 0.05) is 26.2 Å². The number of aryl methyl sites for hydroxylation is 1. The van der Waals surface area contributed by atoms with Crippen LogP contribution in [0.1, 0.15) is 12.5 Å². The number of benzene rings is 3. The first-order chi connectivity index (χ1) is 17.9. The molecule has 5 rings (SSSR count). The van der Waals surface area contributed by atoms with Crippen molar-refractivity contribution in [2.24, 2.45) is 0 Å². The number of anilines is 3. The lowest BCUT2D eigenvalue weighted by molar-refractivity contribution is -0.115. The summed E-state index contributed by atoms with van der Waals surface area (Å²) in [4.78, 5) is 30.1. The number of carbonyl (C=O) groups excluding carboxylic acids is 2. The summed E-state index contributed by atoms with van der Waals surface area (Å²) in [6, 6.07) is 20.8. The van der Waals surface area contributed by atoms with Crippen molar-refractivity contribution in [3.05, 3.63) is 102 Å². The predicted octanol–water partition coefficient (Wildman–Crippen LogP) is 7.78.